The lowest BCUT2D eigenvalue weighted by Crippen LogP contribution is -2.53. The SMILES string of the molecule is CC(C)(C)[Si](C)(C)OC[C@H]1O[C@@H](n2ccc(NO)nc2=O)C(F)(F)[C@H]1O[Si](C)(C)C(C)(C)C. The molecule has 0 aromatic carbocycles. The van der Waals surface area contributed by atoms with Gasteiger partial charge in [0.25, 0.3) is 0 Å². The van der Waals surface area contributed by atoms with Crippen molar-refractivity contribution in [1.29, 1.82) is 0 Å². The molecule has 2 heterocycles. The van der Waals surface area contributed by atoms with Crippen LogP contribution in [0.25, 0.3) is 0 Å². The van der Waals surface area contributed by atoms with Crippen LogP contribution in [-0.2, 0) is 13.6 Å². The van der Waals surface area contributed by atoms with E-state index in [1.54, 1.807) is 5.48 Å². The van der Waals surface area contributed by atoms with Gasteiger partial charge >= 0.3 is 11.6 Å². The summed E-state index contributed by atoms with van der Waals surface area (Å²) in [6.45, 7) is 19.9. The summed E-state index contributed by atoms with van der Waals surface area (Å²) < 4.78 is 50.6. The van der Waals surface area contributed by atoms with E-state index in [9.17, 15) is 4.79 Å². The highest BCUT2D eigenvalue weighted by atomic mass is 28.4. The van der Waals surface area contributed by atoms with Gasteiger partial charge in [0.2, 0.25) is 6.23 Å². The number of anilines is 1. The Morgan fingerprint density at radius 1 is 1.15 bits per heavy atom. The maximum absolute atomic E-state index is 15.8. The molecule has 33 heavy (non-hydrogen) atoms. The lowest BCUT2D eigenvalue weighted by atomic mass is 10.1. The fraction of sp³-hybridized carbons (Fsp3) is 0.810. The third-order valence-corrected chi connectivity index (χ3v) is 16.1. The molecular formula is C21H39F2N3O5Si2. The van der Waals surface area contributed by atoms with Crippen molar-refractivity contribution in [1.82, 2.24) is 9.55 Å². The number of hydrogen-bond donors (Lipinski definition) is 2. The lowest BCUT2D eigenvalue weighted by Gasteiger charge is -2.41. The molecule has 1 fully saturated rings. The number of nitrogens with one attached hydrogen (secondary N) is 1. The molecule has 0 saturated carbocycles. The van der Waals surface area contributed by atoms with E-state index in [2.05, 4.69) is 25.8 Å². The molecule has 1 aromatic heterocycles. The van der Waals surface area contributed by atoms with Gasteiger partial charge in [-0.2, -0.15) is 13.8 Å². The first-order valence-electron chi connectivity index (χ1n) is 11.1. The third-order valence-electron chi connectivity index (χ3n) is 7.19. The van der Waals surface area contributed by atoms with Gasteiger partial charge in [0.15, 0.2) is 22.5 Å². The zero-order chi connectivity index (χ0) is 25.6. The summed E-state index contributed by atoms with van der Waals surface area (Å²) in [7, 11) is -4.88. The van der Waals surface area contributed by atoms with Crippen LogP contribution in [0.5, 0.6) is 0 Å². The summed E-state index contributed by atoms with van der Waals surface area (Å²) in [6, 6.07) is 1.21. The lowest BCUT2D eigenvalue weighted by molar-refractivity contribution is -0.138. The van der Waals surface area contributed by atoms with E-state index < -0.39 is 46.7 Å². The van der Waals surface area contributed by atoms with E-state index in [-0.39, 0.29) is 22.5 Å². The van der Waals surface area contributed by atoms with Crippen molar-refractivity contribution in [2.24, 2.45) is 0 Å². The Kier molecular flexibility index (Phi) is 7.75. The molecule has 1 aliphatic heterocycles. The monoisotopic (exact) mass is 507 g/mol. The molecule has 0 aliphatic carbocycles. The standard InChI is InChI=1S/C21H39F2N3O5Si2/c1-19(2,3)32(7,8)29-13-14-16(31-33(9,10)20(4,5)6)21(22,23)17(30-14)26-12-11-15(25-28)24-18(26)27/h11-12,14,16-17,28H,13H2,1-10H3,(H,24,25,27)/t14-,16+,17-/m1/s1. The number of alkyl halides is 2. The summed E-state index contributed by atoms with van der Waals surface area (Å²) in [6.07, 6.45) is -3.45. The van der Waals surface area contributed by atoms with Gasteiger partial charge in [-0.15, -0.1) is 0 Å². The number of ether oxygens (including phenoxy) is 1. The molecule has 1 aliphatic rings. The molecule has 8 nitrogen and oxygen atoms in total. The fourth-order valence-electron chi connectivity index (χ4n) is 2.90. The van der Waals surface area contributed by atoms with Crippen molar-refractivity contribution in [2.45, 2.75) is 102 Å². The minimum atomic E-state index is -3.52. The van der Waals surface area contributed by atoms with Crippen LogP contribution in [0.15, 0.2) is 17.1 Å². The third kappa shape index (κ3) is 5.73. The Balaban J connectivity index is 2.46. The molecule has 0 bridgehead atoms. The highest BCUT2D eigenvalue weighted by Crippen LogP contribution is 2.48. The fourth-order valence-corrected chi connectivity index (χ4v) is 5.21. The van der Waals surface area contributed by atoms with Crippen LogP contribution in [0.1, 0.15) is 47.8 Å². The van der Waals surface area contributed by atoms with Crippen LogP contribution < -0.4 is 11.2 Å². The maximum Gasteiger partial charge on any atom is 0.351 e. The van der Waals surface area contributed by atoms with Crippen LogP contribution in [0, 0.1) is 0 Å². The number of halogens is 2. The Morgan fingerprint density at radius 2 is 1.70 bits per heavy atom. The van der Waals surface area contributed by atoms with Gasteiger partial charge in [-0.3, -0.25) is 15.3 Å². The van der Waals surface area contributed by atoms with E-state index in [1.807, 2.05) is 47.0 Å². The topological polar surface area (TPSA) is 94.8 Å². The summed E-state index contributed by atoms with van der Waals surface area (Å²) in [5, 5.41) is 8.53. The van der Waals surface area contributed by atoms with Crippen molar-refractivity contribution in [2.75, 3.05) is 12.1 Å². The molecule has 2 rings (SSSR count). The predicted octanol–water partition coefficient (Wildman–Crippen LogP) is 4.99. The first-order chi connectivity index (χ1) is 14.7. The highest BCUT2D eigenvalue weighted by molar-refractivity contribution is 6.74. The van der Waals surface area contributed by atoms with Gasteiger partial charge in [-0.1, -0.05) is 41.5 Å². The predicted molar refractivity (Wildman–Crippen MR) is 128 cm³/mol. The summed E-state index contributed by atoms with van der Waals surface area (Å²) >= 11 is 0. The quantitative estimate of drug-likeness (QED) is 0.397. The number of nitrogens with zero attached hydrogens (tertiary/aromatic N) is 2. The van der Waals surface area contributed by atoms with Crippen LogP contribution >= 0.6 is 0 Å². The van der Waals surface area contributed by atoms with Crippen LogP contribution in [0.4, 0.5) is 14.6 Å². The number of rotatable bonds is 7. The van der Waals surface area contributed by atoms with Crippen molar-refractivity contribution in [3.63, 3.8) is 0 Å². The van der Waals surface area contributed by atoms with Crippen LogP contribution in [0.2, 0.25) is 36.3 Å². The van der Waals surface area contributed by atoms with E-state index in [1.165, 1.54) is 6.07 Å². The summed E-state index contributed by atoms with van der Waals surface area (Å²) in [5.74, 6) is -3.67. The second kappa shape index (κ2) is 9.12. The molecule has 0 unspecified atom stereocenters. The second-order valence-corrected chi connectivity index (χ2v) is 21.3. The molecule has 2 N–H and O–H groups in total. The van der Waals surface area contributed by atoms with Gasteiger partial charge in [0.1, 0.15) is 12.2 Å². The molecule has 0 amide bonds. The first-order valence-corrected chi connectivity index (χ1v) is 16.9. The molecule has 1 saturated heterocycles. The highest BCUT2D eigenvalue weighted by Gasteiger charge is 2.63. The van der Waals surface area contributed by atoms with Crippen molar-refractivity contribution in [3.8, 4) is 0 Å². The Bertz CT molecular complexity index is 897. The zero-order valence-corrected chi connectivity index (χ0v) is 23.3. The van der Waals surface area contributed by atoms with Gasteiger partial charge in [-0.05, 0) is 42.3 Å². The maximum atomic E-state index is 15.8. The van der Waals surface area contributed by atoms with Crippen molar-refractivity contribution < 1.29 is 27.6 Å². The minimum absolute atomic E-state index is 0.0691. The smallest absolute Gasteiger partial charge is 0.351 e. The average molecular weight is 508 g/mol. The Labute approximate surface area is 196 Å². The molecule has 12 heteroatoms. The summed E-state index contributed by atoms with van der Waals surface area (Å²) in [5.41, 5.74) is 0.759. The Hall–Kier alpha value is -1.19. The molecule has 190 valence electrons. The normalized spacial score (nSPS) is 24.2. The molecule has 3 atom stereocenters. The van der Waals surface area contributed by atoms with Crippen LogP contribution in [0.3, 0.4) is 0 Å². The van der Waals surface area contributed by atoms with E-state index >= 15 is 8.78 Å². The second-order valence-electron chi connectivity index (χ2n) is 11.7. The largest absolute Gasteiger partial charge is 0.414 e. The van der Waals surface area contributed by atoms with Gasteiger partial charge in [0.05, 0.1) is 6.61 Å². The average Bonchev–Trinajstić information content (AvgIpc) is 2.88. The molecule has 1 aromatic rings. The molecule has 0 spiro atoms. The minimum Gasteiger partial charge on any atom is -0.414 e. The van der Waals surface area contributed by atoms with Gasteiger partial charge < -0.3 is 13.6 Å². The molecular weight excluding hydrogens is 468 g/mol. The molecule has 0 radical (unpaired) electrons. The van der Waals surface area contributed by atoms with E-state index in [0.29, 0.717) is 0 Å². The Morgan fingerprint density at radius 3 is 2.15 bits per heavy atom. The summed E-state index contributed by atoms with van der Waals surface area (Å²) in [4.78, 5) is 16.0. The van der Waals surface area contributed by atoms with Gasteiger partial charge in [0, 0.05) is 6.20 Å². The van der Waals surface area contributed by atoms with E-state index in [0.717, 1.165) is 10.8 Å². The number of hydrogen-bond acceptors (Lipinski definition) is 7. The van der Waals surface area contributed by atoms with E-state index in [4.69, 9.17) is 18.8 Å². The first kappa shape index (κ1) is 28.1. The van der Waals surface area contributed by atoms with Crippen molar-refractivity contribution in [3.05, 3.63) is 22.7 Å². The van der Waals surface area contributed by atoms with Crippen LogP contribution in [-0.4, -0.2) is 56.1 Å². The van der Waals surface area contributed by atoms with Gasteiger partial charge in [-0.25, -0.2) is 4.79 Å². The zero-order valence-electron chi connectivity index (χ0n) is 21.3. The number of aromatic nitrogens is 2. The van der Waals surface area contributed by atoms with Crippen molar-refractivity contribution >= 4 is 22.5 Å².